The Morgan fingerprint density at radius 3 is 1.42 bits per heavy atom. The Bertz CT molecular complexity index is 2100. The van der Waals surface area contributed by atoms with Crippen molar-refractivity contribution in [1.29, 1.82) is 0 Å². The molecule has 0 aliphatic heterocycles. The fourth-order valence-corrected chi connectivity index (χ4v) is 7.48. The van der Waals surface area contributed by atoms with Crippen LogP contribution in [0.15, 0.2) is 60.7 Å². The van der Waals surface area contributed by atoms with Crippen molar-refractivity contribution in [3.8, 4) is 11.1 Å². The number of carbonyl (C=O) groups is 2. The highest BCUT2D eigenvalue weighted by atomic mass is 19.3. The van der Waals surface area contributed by atoms with Gasteiger partial charge in [-0.2, -0.15) is 0 Å². The number of nitrogens with one attached hydrogen (secondary N) is 4. The molecule has 8 nitrogen and oxygen atoms in total. The van der Waals surface area contributed by atoms with E-state index < -0.39 is 23.7 Å². The smallest absolute Gasteiger partial charge is 0.248 e. The van der Waals surface area contributed by atoms with Crippen LogP contribution in [-0.4, -0.2) is 43.6 Å². The molecule has 2 aromatic heterocycles. The van der Waals surface area contributed by atoms with E-state index in [-0.39, 0.29) is 76.3 Å². The molecule has 0 saturated heterocycles. The molecule has 0 spiro atoms. The van der Waals surface area contributed by atoms with Gasteiger partial charge in [0, 0.05) is 48.3 Å². The van der Waals surface area contributed by atoms with Crippen LogP contribution in [0.3, 0.4) is 0 Å². The van der Waals surface area contributed by atoms with Gasteiger partial charge in [0.25, 0.3) is 0 Å². The van der Waals surface area contributed by atoms with E-state index in [4.69, 9.17) is 0 Å². The summed E-state index contributed by atoms with van der Waals surface area (Å²) in [6.07, 6.45) is -0.250. The molecule has 0 bridgehead atoms. The van der Waals surface area contributed by atoms with Crippen molar-refractivity contribution in [2.24, 2.45) is 11.8 Å². The van der Waals surface area contributed by atoms with Crippen LogP contribution in [0.4, 0.5) is 17.6 Å². The summed E-state index contributed by atoms with van der Waals surface area (Å²) >= 11 is 0. The van der Waals surface area contributed by atoms with Crippen molar-refractivity contribution in [2.45, 2.75) is 76.3 Å². The number of amides is 2. The van der Waals surface area contributed by atoms with Crippen molar-refractivity contribution in [1.82, 2.24) is 30.6 Å². The lowest BCUT2D eigenvalue weighted by atomic mass is 9.86. The van der Waals surface area contributed by atoms with Gasteiger partial charge in [-0.3, -0.25) is 9.59 Å². The Morgan fingerprint density at radius 2 is 1.02 bits per heavy atom. The molecule has 258 valence electrons. The average Bonchev–Trinajstić information content (AvgIpc) is 3.73. The largest absolute Gasteiger partial charge is 0.349 e. The first kappa shape index (κ1) is 32.2. The van der Waals surface area contributed by atoms with Gasteiger partial charge >= 0.3 is 0 Å². The third-order valence-electron chi connectivity index (χ3n) is 10.4. The molecule has 8 rings (SSSR count). The molecule has 4 aromatic carbocycles. The quantitative estimate of drug-likeness (QED) is 0.127. The summed E-state index contributed by atoms with van der Waals surface area (Å²) in [7, 11) is 0. The van der Waals surface area contributed by atoms with E-state index in [2.05, 4.69) is 67.0 Å². The number of fused-ring (bicyclic) bond motifs is 6. The van der Waals surface area contributed by atoms with Crippen LogP contribution in [0, 0.1) is 11.8 Å². The zero-order chi connectivity index (χ0) is 34.6. The summed E-state index contributed by atoms with van der Waals surface area (Å²) < 4.78 is 54.0. The summed E-state index contributed by atoms with van der Waals surface area (Å²) in [5.41, 5.74) is 5.36. The van der Waals surface area contributed by atoms with E-state index in [1.807, 2.05) is 24.3 Å². The fraction of sp³-hybridized carbons (Fsp3) is 0.368. The van der Waals surface area contributed by atoms with Crippen LogP contribution in [0.1, 0.15) is 63.0 Å². The molecule has 2 saturated carbocycles. The van der Waals surface area contributed by atoms with E-state index >= 15 is 0 Å². The third kappa shape index (κ3) is 6.38. The number of imidazole rings is 2. The van der Waals surface area contributed by atoms with Crippen molar-refractivity contribution in [3.63, 3.8) is 0 Å². The first-order chi connectivity index (χ1) is 24.0. The number of alkyl halides is 4. The van der Waals surface area contributed by atoms with Gasteiger partial charge < -0.3 is 20.6 Å². The second-order valence-corrected chi connectivity index (χ2v) is 13.9. The van der Waals surface area contributed by atoms with Gasteiger partial charge in [0.15, 0.2) is 0 Å². The van der Waals surface area contributed by atoms with Gasteiger partial charge in [-0.05, 0) is 71.8 Å². The topological polar surface area (TPSA) is 116 Å². The third-order valence-corrected chi connectivity index (χ3v) is 10.4. The summed E-state index contributed by atoms with van der Waals surface area (Å²) in [5, 5.41) is 9.76. The molecule has 6 aromatic rings. The van der Waals surface area contributed by atoms with Crippen LogP contribution < -0.4 is 10.6 Å². The highest BCUT2D eigenvalue weighted by molar-refractivity contribution is 6.07. The maximum atomic E-state index is 13.5. The average molecular weight is 685 g/mol. The molecule has 4 N–H and O–H groups in total. The Kier molecular flexibility index (Phi) is 7.99. The van der Waals surface area contributed by atoms with Crippen molar-refractivity contribution in [3.05, 3.63) is 72.3 Å². The summed E-state index contributed by atoms with van der Waals surface area (Å²) in [5.74, 6) is -5.35. The first-order valence-corrected chi connectivity index (χ1v) is 17.1. The van der Waals surface area contributed by atoms with Gasteiger partial charge in [0.05, 0.1) is 35.2 Å². The first-order valence-electron chi connectivity index (χ1n) is 17.1. The summed E-state index contributed by atoms with van der Waals surface area (Å²) in [6.45, 7) is 0.391. The van der Waals surface area contributed by atoms with Crippen molar-refractivity contribution >= 4 is 55.4 Å². The van der Waals surface area contributed by atoms with Crippen LogP contribution in [0.25, 0.3) is 54.7 Å². The lowest BCUT2D eigenvalue weighted by molar-refractivity contribution is -0.130. The Morgan fingerprint density at radius 1 is 0.620 bits per heavy atom. The molecular weight excluding hydrogens is 648 g/mol. The lowest BCUT2D eigenvalue weighted by Gasteiger charge is -2.27. The van der Waals surface area contributed by atoms with Gasteiger partial charge in [0.2, 0.25) is 23.7 Å². The maximum Gasteiger partial charge on any atom is 0.248 e. The second-order valence-electron chi connectivity index (χ2n) is 13.9. The molecule has 0 atom stereocenters. The van der Waals surface area contributed by atoms with Gasteiger partial charge in [-0.25, -0.2) is 27.5 Å². The minimum absolute atomic E-state index is 0.190. The maximum absolute atomic E-state index is 13.5. The van der Waals surface area contributed by atoms with Crippen LogP contribution >= 0.6 is 0 Å². The lowest BCUT2D eigenvalue weighted by Crippen LogP contribution is -2.35. The SMILES string of the molecule is O=C(NCc1nc2ccc3cc(-c4ccc5c(ccc6nc(CNC(=O)C7CCC(F)(F)CC7)[nH]c65)c4)ccc3c2[nH]1)C1CCC(F)(F)CC1. The number of benzene rings is 4. The molecule has 0 radical (unpaired) electrons. The number of aromatic nitrogens is 4. The molecule has 2 aliphatic rings. The van der Waals surface area contributed by atoms with E-state index in [0.29, 0.717) is 11.6 Å². The van der Waals surface area contributed by atoms with Crippen LogP contribution in [-0.2, 0) is 22.7 Å². The Labute approximate surface area is 284 Å². The number of hydrogen-bond acceptors (Lipinski definition) is 4. The van der Waals surface area contributed by atoms with E-state index in [0.717, 1.165) is 54.7 Å². The standard InChI is InChI=1S/C38H36F4N6O2/c39-37(40)13-9-21(10-14-37)35(49)43-19-31-45-29-7-3-25-17-23(1-5-27(25)33(29)47-31)24-2-6-28-26(18-24)4-8-30-34(28)48-32(46-30)20-44-36(50)22-11-15-38(41,42)16-12-22/h1-8,17-18,21-22H,9-16,19-20H2,(H,43,49)(H,44,50)(H,45,47)(H,46,48). The van der Waals surface area contributed by atoms with Gasteiger partial charge in [-0.1, -0.05) is 36.4 Å². The highest BCUT2D eigenvalue weighted by Gasteiger charge is 2.38. The van der Waals surface area contributed by atoms with E-state index in [9.17, 15) is 27.2 Å². The van der Waals surface area contributed by atoms with Crippen molar-refractivity contribution in [2.75, 3.05) is 0 Å². The number of rotatable bonds is 7. The monoisotopic (exact) mass is 684 g/mol. The molecule has 2 fully saturated rings. The van der Waals surface area contributed by atoms with E-state index in [1.54, 1.807) is 0 Å². The zero-order valence-corrected chi connectivity index (χ0v) is 27.2. The number of H-pyrrole nitrogens is 2. The number of nitrogens with zero attached hydrogens (tertiary/aromatic N) is 2. The fourth-order valence-electron chi connectivity index (χ4n) is 7.48. The minimum atomic E-state index is -2.67. The van der Waals surface area contributed by atoms with Gasteiger partial charge in [-0.15, -0.1) is 0 Å². The van der Waals surface area contributed by atoms with Crippen molar-refractivity contribution < 1.29 is 27.2 Å². The number of halogens is 4. The molecule has 0 unspecified atom stereocenters. The summed E-state index contributed by atoms with van der Waals surface area (Å²) in [4.78, 5) is 41.2. The zero-order valence-electron chi connectivity index (χ0n) is 27.2. The molecule has 2 aliphatic carbocycles. The summed E-state index contributed by atoms with van der Waals surface area (Å²) in [6, 6.07) is 20.4. The number of aromatic amines is 2. The molecule has 2 heterocycles. The molecule has 12 heteroatoms. The molecule has 50 heavy (non-hydrogen) atoms. The Balaban J connectivity index is 0.964. The second kappa shape index (κ2) is 12.4. The normalized spacial score (nSPS) is 18.2. The highest BCUT2D eigenvalue weighted by Crippen LogP contribution is 2.38. The predicted molar refractivity (Wildman–Crippen MR) is 184 cm³/mol. The van der Waals surface area contributed by atoms with Crippen LogP contribution in [0.5, 0.6) is 0 Å². The van der Waals surface area contributed by atoms with Gasteiger partial charge in [0.1, 0.15) is 11.6 Å². The number of hydrogen-bond donors (Lipinski definition) is 4. The Hall–Kier alpha value is -5.00. The van der Waals surface area contributed by atoms with E-state index in [1.165, 1.54) is 0 Å². The predicted octanol–water partition coefficient (Wildman–Crippen LogP) is 8.30. The minimum Gasteiger partial charge on any atom is -0.349 e. The number of carbonyl (C=O) groups excluding carboxylic acids is 2. The molecule has 2 amide bonds. The molecular formula is C38H36F4N6O2. The van der Waals surface area contributed by atoms with Crippen LogP contribution in [0.2, 0.25) is 0 Å².